The summed E-state index contributed by atoms with van der Waals surface area (Å²) in [5.41, 5.74) is 1.52. The summed E-state index contributed by atoms with van der Waals surface area (Å²) in [5, 5.41) is 9.20. The third kappa shape index (κ3) is 4.49. The van der Waals surface area contributed by atoms with Crippen LogP contribution in [0, 0.1) is 0 Å². The third-order valence-corrected chi connectivity index (χ3v) is 6.26. The van der Waals surface area contributed by atoms with Crippen molar-refractivity contribution in [2.75, 3.05) is 46.3 Å². The number of nitrogens with zero attached hydrogens (tertiary/aromatic N) is 3. The van der Waals surface area contributed by atoms with Crippen LogP contribution in [0.4, 0.5) is 0 Å². The summed E-state index contributed by atoms with van der Waals surface area (Å²) in [7, 11) is 1.86. The predicted octanol–water partition coefficient (Wildman–Crippen LogP) is 1.76. The van der Waals surface area contributed by atoms with E-state index in [9.17, 15) is 0 Å². The Morgan fingerprint density at radius 3 is 3.12 bits per heavy atom. The number of thiophene rings is 1. The van der Waals surface area contributed by atoms with Gasteiger partial charge in [0, 0.05) is 50.7 Å². The van der Waals surface area contributed by atoms with Gasteiger partial charge in [-0.2, -0.15) is 0 Å². The van der Waals surface area contributed by atoms with Crippen molar-refractivity contribution in [3.8, 4) is 0 Å². The molecule has 1 saturated heterocycles. The van der Waals surface area contributed by atoms with Crippen LogP contribution in [0.15, 0.2) is 16.4 Å². The minimum atomic E-state index is 0.660. The summed E-state index contributed by atoms with van der Waals surface area (Å²) in [6.07, 6.45) is 3.83. The standard InChI is InChI=1S/C18H31N5S/c1-3-23-9-4-5-16(23)13-21-18(19-2)20-8-11-22-10-6-17-15(14-22)7-12-24-17/h7,12,16H,3-6,8-11,13-14H2,1-2H3,(H2,19,20,21). The van der Waals surface area contributed by atoms with Gasteiger partial charge in [-0.05, 0) is 49.4 Å². The highest BCUT2D eigenvalue weighted by molar-refractivity contribution is 7.10. The second kappa shape index (κ2) is 8.83. The molecule has 0 amide bonds. The maximum Gasteiger partial charge on any atom is 0.191 e. The van der Waals surface area contributed by atoms with Crippen LogP contribution >= 0.6 is 11.3 Å². The van der Waals surface area contributed by atoms with E-state index in [4.69, 9.17) is 0 Å². The van der Waals surface area contributed by atoms with E-state index in [0.29, 0.717) is 6.04 Å². The molecular weight excluding hydrogens is 318 g/mol. The molecule has 24 heavy (non-hydrogen) atoms. The molecule has 6 heteroatoms. The number of guanidine groups is 1. The summed E-state index contributed by atoms with van der Waals surface area (Å²) in [5.74, 6) is 0.936. The van der Waals surface area contributed by atoms with Gasteiger partial charge in [-0.15, -0.1) is 11.3 Å². The zero-order valence-electron chi connectivity index (χ0n) is 15.1. The molecule has 1 aromatic rings. The Morgan fingerprint density at radius 2 is 2.29 bits per heavy atom. The van der Waals surface area contributed by atoms with Crippen LogP contribution in [-0.4, -0.2) is 68.1 Å². The van der Waals surface area contributed by atoms with Crippen molar-refractivity contribution in [1.29, 1.82) is 0 Å². The molecular formula is C18H31N5S. The number of aliphatic imine (C=N–C) groups is 1. The lowest BCUT2D eigenvalue weighted by Gasteiger charge is -2.27. The number of likely N-dealkylation sites (N-methyl/N-ethyl adjacent to an activating group) is 1. The Labute approximate surface area is 150 Å². The van der Waals surface area contributed by atoms with Crippen molar-refractivity contribution in [1.82, 2.24) is 20.4 Å². The molecule has 0 bridgehead atoms. The van der Waals surface area contributed by atoms with Gasteiger partial charge in [0.15, 0.2) is 5.96 Å². The fourth-order valence-corrected chi connectivity index (χ4v) is 4.70. The number of fused-ring (bicyclic) bond motifs is 1. The van der Waals surface area contributed by atoms with Gasteiger partial charge in [0.25, 0.3) is 0 Å². The molecule has 1 unspecified atom stereocenters. The highest BCUT2D eigenvalue weighted by Crippen LogP contribution is 2.23. The Bertz CT molecular complexity index is 541. The lowest BCUT2D eigenvalue weighted by Crippen LogP contribution is -2.46. The van der Waals surface area contributed by atoms with E-state index < -0.39 is 0 Å². The molecule has 1 atom stereocenters. The summed E-state index contributed by atoms with van der Waals surface area (Å²) in [4.78, 5) is 11.0. The van der Waals surface area contributed by atoms with Gasteiger partial charge in [0.05, 0.1) is 0 Å². The largest absolute Gasteiger partial charge is 0.355 e. The molecule has 0 aliphatic carbocycles. The van der Waals surface area contributed by atoms with Gasteiger partial charge >= 0.3 is 0 Å². The van der Waals surface area contributed by atoms with E-state index in [2.05, 4.69) is 43.8 Å². The summed E-state index contributed by atoms with van der Waals surface area (Å²) < 4.78 is 0. The zero-order valence-corrected chi connectivity index (χ0v) is 15.9. The van der Waals surface area contributed by atoms with Crippen LogP contribution in [0.25, 0.3) is 0 Å². The van der Waals surface area contributed by atoms with Crippen LogP contribution in [0.2, 0.25) is 0 Å². The zero-order chi connectivity index (χ0) is 16.8. The number of likely N-dealkylation sites (tertiary alicyclic amines) is 1. The van der Waals surface area contributed by atoms with E-state index >= 15 is 0 Å². The Kier molecular flexibility index (Phi) is 6.51. The second-order valence-electron chi connectivity index (χ2n) is 6.70. The van der Waals surface area contributed by atoms with E-state index in [0.717, 1.165) is 38.7 Å². The third-order valence-electron chi connectivity index (χ3n) is 5.24. The topological polar surface area (TPSA) is 42.9 Å². The normalized spacial score (nSPS) is 22.6. The van der Waals surface area contributed by atoms with Crippen molar-refractivity contribution in [3.63, 3.8) is 0 Å². The number of rotatable bonds is 6. The molecule has 2 N–H and O–H groups in total. The monoisotopic (exact) mass is 349 g/mol. The average molecular weight is 350 g/mol. The first kappa shape index (κ1) is 17.7. The quantitative estimate of drug-likeness (QED) is 0.607. The Morgan fingerprint density at radius 1 is 1.38 bits per heavy atom. The summed E-state index contributed by atoms with van der Waals surface area (Å²) in [6.45, 7) is 9.93. The average Bonchev–Trinajstić information content (AvgIpc) is 3.25. The molecule has 3 heterocycles. The Hall–Kier alpha value is -1.11. The maximum absolute atomic E-state index is 4.37. The molecule has 2 aliphatic heterocycles. The van der Waals surface area contributed by atoms with E-state index in [1.54, 1.807) is 4.88 Å². The van der Waals surface area contributed by atoms with Gasteiger partial charge in [-0.3, -0.25) is 14.8 Å². The SMILES string of the molecule is CCN1CCCC1CNC(=NC)NCCN1CCc2sccc2C1. The molecule has 134 valence electrons. The molecule has 2 aliphatic rings. The fraction of sp³-hybridized carbons (Fsp3) is 0.722. The van der Waals surface area contributed by atoms with Crippen molar-refractivity contribution in [2.24, 2.45) is 4.99 Å². The first-order valence-electron chi connectivity index (χ1n) is 9.26. The van der Waals surface area contributed by atoms with Crippen LogP contribution in [0.1, 0.15) is 30.2 Å². The van der Waals surface area contributed by atoms with Crippen molar-refractivity contribution < 1.29 is 0 Å². The van der Waals surface area contributed by atoms with E-state index in [-0.39, 0.29) is 0 Å². The van der Waals surface area contributed by atoms with Crippen molar-refractivity contribution >= 4 is 17.3 Å². The van der Waals surface area contributed by atoms with Gasteiger partial charge in [0.2, 0.25) is 0 Å². The van der Waals surface area contributed by atoms with Crippen LogP contribution in [0.5, 0.6) is 0 Å². The smallest absolute Gasteiger partial charge is 0.191 e. The number of nitrogens with one attached hydrogen (secondary N) is 2. The van der Waals surface area contributed by atoms with E-state index in [1.165, 1.54) is 37.9 Å². The summed E-state index contributed by atoms with van der Waals surface area (Å²) >= 11 is 1.90. The first-order chi connectivity index (χ1) is 11.8. The van der Waals surface area contributed by atoms with Crippen LogP contribution in [-0.2, 0) is 13.0 Å². The van der Waals surface area contributed by atoms with Gasteiger partial charge in [0.1, 0.15) is 0 Å². The first-order valence-corrected chi connectivity index (χ1v) is 10.1. The van der Waals surface area contributed by atoms with Gasteiger partial charge < -0.3 is 10.6 Å². The molecule has 3 rings (SSSR count). The summed E-state index contributed by atoms with van der Waals surface area (Å²) in [6, 6.07) is 2.94. The minimum Gasteiger partial charge on any atom is -0.355 e. The lowest BCUT2D eigenvalue weighted by molar-refractivity contribution is 0.258. The highest BCUT2D eigenvalue weighted by Gasteiger charge is 2.22. The Balaban J connectivity index is 1.36. The molecule has 0 aromatic carbocycles. The van der Waals surface area contributed by atoms with E-state index in [1.807, 2.05) is 18.4 Å². The molecule has 1 aromatic heterocycles. The molecule has 0 saturated carbocycles. The predicted molar refractivity (Wildman–Crippen MR) is 103 cm³/mol. The van der Waals surface area contributed by atoms with Gasteiger partial charge in [-0.25, -0.2) is 0 Å². The lowest BCUT2D eigenvalue weighted by atomic mass is 10.1. The molecule has 0 radical (unpaired) electrons. The molecule has 0 spiro atoms. The molecule has 5 nitrogen and oxygen atoms in total. The maximum atomic E-state index is 4.37. The highest BCUT2D eigenvalue weighted by atomic mass is 32.1. The van der Waals surface area contributed by atoms with Crippen LogP contribution < -0.4 is 10.6 Å². The van der Waals surface area contributed by atoms with Crippen molar-refractivity contribution in [3.05, 3.63) is 21.9 Å². The number of hydrogen-bond donors (Lipinski definition) is 2. The second-order valence-corrected chi connectivity index (χ2v) is 7.70. The fourth-order valence-electron chi connectivity index (χ4n) is 3.81. The van der Waals surface area contributed by atoms with Crippen LogP contribution in [0.3, 0.4) is 0 Å². The van der Waals surface area contributed by atoms with Gasteiger partial charge in [-0.1, -0.05) is 6.92 Å². The molecule has 1 fully saturated rings. The van der Waals surface area contributed by atoms with Crippen molar-refractivity contribution in [2.45, 2.75) is 38.8 Å². The minimum absolute atomic E-state index is 0.660. The number of hydrogen-bond acceptors (Lipinski definition) is 4.